The monoisotopic (exact) mass is 397 g/mol. The van der Waals surface area contributed by atoms with Crippen LogP contribution in [0.1, 0.15) is 43.1 Å². The Balaban J connectivity index is 1.91. The van der Waals surface area contributed by atoms with Crippen molar-refractivity contribution in [3.8, 4) is 0 Å². The standard InChI is InChI=1S/C19H27NO6S/c1-13(2)25-11-15-5-7-16(8-6-15)19(22)26-14(3)18(21)20(4)17-9-10-27(23,24)12-17/h5-8,13-14,17H,9-12H2,1-4H3/t14-,17-/m0/s1. The summed E-state index contributed by atoms with van der Waals surface area (Å²) in [6.45, 7) is 5.84. The van der Waals surface area contributed by atoms with Crippen molar-refractivity contribution >= 4 is 21.7 Å². The van der Waals surface area contributed by atoms with E-state index in [0.29, 0.717) is 18.6 Å². The first kappa shape index (κ1) is 21.4. The van der Waals surface area contributed by atoms with Crippen molar-refractivity contribution in [2.24, 2.45) is 0 Å². The van der Waals surface area contributed by atoms with Crippen LogP contribution in [-0.4, -0.2) is 62.0 Å². The minimum Gasteiger partial charge on any atom is -0.449 e. The highest BCUT2D eigenvalue weighted by Gasteiger charge is 2.35. The normalized spacial score (nSPS) is 19.7. The van der Waals surface area contributed by atoms with Crippen molar-refractivity contribution in [3.05, 3.63) is 35.4 Å². The van der Waals surface area contributed by atoms with Crippen LogP contribution in [0.4, 0.5) is 0 Å². The summed E-state index contributed by atoms with van der Waals surface area (Å²) >= 11 is 0. The van der Waals surface area contributed by atoms with Crippen LogP contribution in [0.15, 0.2) is 24.3 Å². The second-order valence-corrected chi connectivity index (χ2v) is 9.34. The summed E-state index contributed by atoms with van der Waals surface area (Å²) in [5.41, 5.74) is 1.28. The Morgan fingerprint density at radius 3 is 2.33 bits per heavy atom. The van der Waals surface area contributed by atoms with Gasteiger partial charge in [-0.2, -0.15) is 0 Å². The molecule has 0 spiro atoms. The molecule has 0 aliphatic carbocycles. The zero-order valence-corrected chi connectivity index (χ0v) is 17.0. The molecule has 150 valence electrons. The van der Waals surface area contributed by atoms with Gasteiger partial charge in [-0.3, -0.25) is 4.79 Å². The zero-order valence-electron chi connectivity index (χ0n) is 16.2. The van der Waals surface area contributed by atoms with Gasteiger partial charge < -0.3 is 14.4 Å². The Morgan fingerprint density at radius 2 is 1.81 bits per heavy atom. The fourth-order valence-electron chi connectivity index (χ4n) is 2.83. The van der Waals surface area contributed by atoms with E-state index < -0.39 is 27.8 Å². The van der Waals surface area contributed by atoms with Crippen LogP contribution in [-0.2, 0) is 30.7 Å². The highest BCUT2D eigenvalue weighted by Crippen LogP contribution is 2.18. The molecule has 0 N–H and O–H groups in total. The van der Waals surface area contributed by atoms with Crippen LogP contribution in [0.5, 0.6) is 0 Å². The number of hydrogen-bond acceptors (Lipinski definition) is 6. The van der Waals surface area contributed by atoms with E-state index in [1.165, 1.54) is 11.8 Å². The molecule has 7 nitrogen and oxygen atoms in total. The fraction of sp³-hybridized carbons (Fsp3) is 0.579. The predicted octanol–water partition coefficient (Wildman–Crippen LogP) is 1.80. The Kier molecular flexibility index (Phi) is 7.00. The van der Waals surface area contributed by atoms with Gasteiger partial charge >= 0.3 is 5.97 Å². The maximum Gasteiger partial charge on any atom is 0.338 e. The number of carbonyl (C=O) groups excluding carboxylic acids is 2. The molecule has 0 saturated carbocycles. The first-order valence-electron chi connectivity index (χ1n) is 8.97. The molecule has 1 aliphatic heterocycles. The van der Waals surface area contributed by atoms with Crippen molar-refractivity contribution in [1.82, 2.24) is 4.90 Å². The van der Waals surface area contributed by atoms with Crippen LogP contribution < -0.4 is 0 Å². The molecular formula is C19H27NO6S. The summed E-state index contributed by atoms with van der Waals surface area (Å²) in [7, 11) is -1.55. The molecule has 0 radical (unpaired) electrons. The molecule has 27 heavy (non-hydrogen) atoms. The maximum absolute atomic E-state index is 12.4. The number of hydrogen-bond donors (Lipinski definition) is 0. The first-order chi connectivity index (χ1) is 12.6. The molecule has 1 aromatic carbocycles. The smallest absolute Gasteiger partial charge is 0.338 e. The molecule has 0 unspecified atom stereocenters. The largest absolute Gasteiger partial charge is 0.449 e. The predicted molar refractivity (Wildman–Crippen MR) is 101 cm³/mol. The molecule has 2 rings (SSSR count). The summed E-state index contributed by atoms with van der Waals surface area (Å²) in [6.07, 6.45) is -0.464. The third-order valence-electron chi connectivity index (χ3n) is 4.51. The molecular weight excluding hydrogens is 370 g/mol. The number of sulfone groups is 1. The number of likely N-dealkylation sites (N-methyl/N-ethyl adjacent to an activating group) is 1. The van der Waals surface area contributed by atoms with Crippen molar-refractivity contribution in [1.29, 1.82) is 0 Å². The van der Waals surface area contributed by atoms with Gasteiger partial charge in [-0.1, -0.05) is 12.1 Å². The van der Waals surface area contributed by atoms with E-state index >= 15 is 0 Å². The molecule has 1 aromatic rings. The summed E-state index contributed by atoms with van der Waals surface area (Å²) in [6, 6.07) is 6.45. The van der Waals surface area contributed by atoms with Crippen LogP contribution in [0.25, 0.3) is 0 Å². The van der Waals surface area contributed by atoms with Crippen LogP contribution in [0, 0.1) is 0 Å². The van der Waals surface area contributed by atoms with E-state index in [1.807, 2.05) is 13.8 Å². The molecule has 1 saturated heterocycles. The summed E-state index contributed by atoms with van der Waals surface area (Å²) in [4.78, 5) is 26.1. The van der Waals surface area contributed by atoms with Gasteiger partial charge in [0.2, 0.25) is 0 Å². The quantitative estimate of drug-likeness (QED) is 0.652. The zero-order chi connectivity index (χ0) is 20.2. The molecule has 1 heterocycles. The van der Waals surface area contributed by atoms with Crippen LogP contribution >= 0.6 is 0 Å². The number of carbonyl (C=O) groups is 2. The number of ether oxygens (including phenoxy) is 2. The second-order valence-electron chi connectivity index (χ2n) is 7.11. The Labute approximate surface area is 160 Å². The lowest BCUT2D eigenvalue weighted by molar-refractivity contribution is -0.140. The molecule has 1 aliphatic rings. The minimum atomic E-state index is -3.09. The lowest BCUT2D eigenvalue weighted by Gasteiger charge is -2.26. The number of esters is 1. The number of benzene rings is 1. The van der Waals surface area contributed by atoms with E-state index in [0.717, 1.165) is 5.56 Å². The average molecular weight is 397 g/mol. The van der Waals surface area contributed by atoms with Gasteiger partial charge in [0.1, 0.15) is 0 Å². The van der Waals surface area contributed by atoms with Gasteiger partial charge in [-0.05, 0) is 44.9 Å². The first-order valence-corrected chi connectivity index (χ1v) is 10.8. The topological polar surface area (TPSA) is 90.0 Å². The SMILES string of the molecule is CC(C)OCc1ccc(C(=O)O[C@@H](C)C(=O)N(C)[C@H]2CCS(=O)(=O)C2)cc1. The molecule has 0 bridgehead atoms. The van der Waals surface area contributed by atoms with Crippen molar-refractivity contribution in [2.75, 3.05) is 18.6 Å². The molecule has 1 fully saturated rings. The Bertz CT molecular complexity index is 772. The molecule has 1 amide bonds. The number of amides is 1. The summed E-state index contributed by atoms with van der Waals surface area (Å²) in [5, 5.41) is 0. The van der Waals surface area contributed by atoms with Gasteiger partial charge in [0.15, 0.2) is 15.9 Å². The second kappa shape index (κ2) is 8.84. The van der Waals surface area contributed by atoms with Crippen molar-refractivity contribution < 1.29 is 27.5 Å². The summed E-state index contributed by atoms with van der Waals surface area (Å²) < 4.78 is 33.9. The lowest BCUT2D eigenvalue weighted by atomic mass is 10.1. The van der Waals surface area contributed by atoms with E-state index in [2.05, 4.69) is 0 Å². The number of nitrogens with zero attached hydrogens (tertiary/aromatic N) is 1. The van der Waals surface area contributed by atoms with Crippen LogP contribution in [0.3, 0.4) is 0 Å². The van der Waals surface area contributed by atoms with Crippen LogP contribution in [0.2, 0.25) is 0 Å². The van der Waals surface area contributed by atoms with E-state index in [4.69, 9.17) is 9.47 Å². The van der Waals surface area contributed by atoms with E-state index in [9.17, 15) is 18.0 Å². The molecule has 0 aromatic heterocycles. The van der Waals surface area contributed by atoms with Gasteiger partial charge in [0, 0.05) is 13.1 Å². The van der Waals surface area contributed by atoms with E-state index in [1.54, 1.807) is 31.3 Å². The third-order valence-corrected chi connectivity index (χ3v) is 6.26. The lowest BCUT2D eigenvalue weighted by Crippen LogP contribution is -2.44. The highest BCUT2D eigenvalue weighted by molar-refractivity contribution is 7.91. The summed E-state index contributed by atoms with van der Waals surface area (Å²) in [5.74, 6) is -0.974. The number of rotatable bonds is 7. The fourth-order valence-corrected chi connectivity index (χ4v) is 4.60. The molecule has 2 atom stereocenters. The van der Waals surface area contributed by atoms with Gasteiger partial charge in [0.25, 0.3) is 5.91 Å². The average Bonchev–Trinajstić information content (AvgIpc) is 2.98. The Morgan fingerprint density at radius 1 is 1.19 bits per heavy atom. The van der Waals surface area contributed by atoms with Crippen molar-refractivity contribution in [3.63, 3.8) is 0 Å². The highest BCUT2D eigenvalue weighted by atomic mass is 32.2. The van der Waals surface area contributed by atoms with Gasteiger partial charge in [-0.15, -0.1) is 0 Å². The van der Waals surface area contributed by atoms with Crippen molar-refractivity contribution in [2.45, 2.75) is 52.0 Å². The third kappa shape index (κ3) is 6.04. The van der Waals surface area contributed by atoms with E-state index in [-0.39, 0.29) is 23.7 Å². The van der Waals surface area contributed by atoms with Gasteiger partial charge in [-0.25, -0.2) is 13.2 Å². The Hall–Kier alpha value is -1.93. The maximum atomic E-state index is 12.4. The minimum absolute atomic E-state index is 0.0458. The van der Waals surface area contributed by atoms with Gasteiger partial charge in [0.05, 0.1) is 29.8 Å². The molecule has 8 heteroatoms.